The number of H-pyrrole nitrogens is 1. The minimum absolute atomic E-state index is 0.0827. The summed E-state index contributed by atoms with van der Waals surface area (Å²) in [7, 11) is 0. The molecule has 0 fully saturated rings. The molecule has 0 saturated heterocycles. The van der Waals surface area contributed by atoms with E-state index in [1.54, 1.807) is 0 Å². The molecule has 15 heavy (non-hydrogen) atoms. The van der Waals surface area contributed by atoms with Crippen molar-refractivity contribution in [3.63, 3.8) is 0 Å². The molecule has 2 N–H and O–H groups in total. The van der Waals surface area contributed by atoms with Crippen LogP contribution in [0.4, 0.5) is 0 Å². The monoisotopic (exact) mass is 210 g/mol. The zero-order valence-corrected chi connectivity index (χ0v) is 9.66. The number of hydrogen-bond acceptors (Lipinski definition) is 3. The van der Waals surface area contributed by atoms with E-state index >= 15 is 0 Å². The van der Waals surface area contributed by atoms with Gasteiger partial charge in [-0.1, -0.05) is 27.7 Å². The van der Waals surface area contributed by atoms with Crippen molar-refractivity contribution in [1.29, 1.82) is 0 Å². The van der Waals surface area contributed by atoms with Crippen LogP contribution < -0.4 is 5.32 Å². The molecule has 1 aromatic rings. The quantitative estimate of drug-likeness (QED) is 0.784. The van der Waals surface area contributed by atoms with Gasteiger partial charge in [-0.15, -0.1) is 0 Å². The first-order valence-corrected chi connectivity index (χ1v) is 5.07. The fourth-order valence-corrected chi connectivity index (χ4v) is 0.914. The van der Waals surface area contributed by atoms with E-state index in [0.29, 0.717) is 18.2 Å². The highest BCUT2D eigenvalue weighted by molar-refractivity contribution is 5.91. The van der Waals surface area contributed by atoms with Gasteiger partial charge in [0.2, 0.25) is 0 Å². The lowest BCUT2D eigenvalue weighted by Gasteiger charge is -2.29. The van der Waals surface area contributed by atoms with Crippen LogP contribution >= 0.6 is 0 Å². The summed E-state index contributed by atoms with van der Waals surface area (Å²) in [4.78, 5) is 11.5. The fourth-order valence-electron chi connectivity index (χ4n) is 0.914. The van der Waals surface area contributed by atoms with Crippen molar-refractivity contribution < 1.29 is 4.79 Å². The SMILES string of the molecule is CC(C)C(C)(C)CNC(=O)c1cn[nH]n1. The zero-order chi connectivity index (χ0) is 11.5. The van der Waals surface area contributed by atoms with Gasteiger partial charge in [0.05, 0.1) is 6.20 Å². The minimum atomic E-state index is -0.183. The Morgan fingerprint density at radius 1 is 1.60 bits per heavy atom. The van der Waals surface area contributed by atoms with Gasteiger partial charge >= 0.3 is 0 Å². The lowest BCUT2D eigenvalue weighted by atomic mass is 9.81. The number of aromatic nitrogens is 3. The summed E-state index contributed by atoms with van der Waals surface area (Å²) >= 11 is 0. The molecule has 84 valence electrons. The number of hydrogen-bond donors (Lipinski definition) is 2. The van der Waals surface area contributed by atoms with Crippen LogP contribution in [0.15, 0.2) is 6.20 Å². The summed E-state index contributed by atoms with van der Waals surface area (Å²) in [5.74, 6) is 0.326. The minimum Gasteiger partial charge on any atom is -0.350 e. The van der Waals surface area contributed by atoms with Crippen molar-refractivity contribution in [2.75, 3.05) is 6.54 Å². The van der Waals surface area contributed by atoms with Crippen molar-refractivity contribution in [3.05, 3.63) is 11.9 Å². The van der Waals surface area contributed by atoms with Crippen LogP contribution in [-0.4, -0.2) is 27.9 Å². The highest BCUT2D eigenvalue weighted by Gasteiger charge is 2.23. The van der Waals surface area contributed by atoms with Crippen LogP contribution in [0.1, 0.15) is 38.2 Å². The van der Waals surface area contributed by atoms with E-state index in [4.69, 9.17) is 0 Å². The Kier molecular flexibility index (Phi) is 3.44. The van der Waals surface area contributed by atoms with Crippen molar-refractivity contribution in [2.24, 2.45) is 11.3 Å². The number of amides is 1. The molecule has 0 unspecified atom stereocenters. The third kappa shape index (κ3) is 3.04. The second-order valence-corrected chi connectivity index (χ2v) is 4.68. The summed E-state index contributed by atoms with van der Waals surface area (Å²) in [6.07, 6.45) is 1.41. The summed E-state index contributed by atoms with van der Waals surface area (Å²) in [6, 6.07) is 0. The second-order valence-electron chi connectivity index (χ2n) is 4.68. The summed E-state index contributed by atoms with van der Waals surface area (Å²) in [5.41, 5.74) is 0.411. The molecule has 0 spiro atoms. The fraction of sp³-hybridized carbons (Fsp3) is 0.700. The molecule has 0 aliphatic carbocycles. The zero-order valence-electron chi connectivity index (χ0n) is 9.66. The molecule has 0 aliphatic heterocycles. The van der Waals surface area contributed by atoms with Crippen LogP contribution in [0.5, 0.6) is 0 Å². The number of nitrogens with zero attached hydrogens (tertiary/aromatic N) is 2. The van der Waals surface area contributed by atoms with Crippen LogP contribution in [-0.2, 0) is 0 Å². The van der Waals surface area contributed by atoms with E-state index < -0.39 is 0 Å². The van der Waals surface area contributed by atoms with Crippen molar-refractivity contribution >= 4 is 5.91 Å². The first-order chi connectivity index (χ1) is 6.93. The number of rotatable bonds is 4. The van der Waals surface area contributed by atoms with Crippen molar-refractivity contribution in [3.8, 4) is 0 Å². The van der Waals surface area contributed by atoms with Gasteiger partial charge in [-0.3, -0.25) is 4.79 Å². The number of carbonyl (C=O) groups excluding carboxylic acids is 1. The summed E-state index contributed by atoms with van der Waals surface area (Å²) in [5, 5.41) is 12.6. The molecule has 0 aliphatic rings. The molecule has 1 amide bonds. The molecule has 0 bridgehead atoms. The third-order valence-corrected chi connectivity index (χ3v) is 2.92. The molecule has 5 heteroatoms. The summed E-state index contributed by atoms with van der Waals surface area (Å²) in [6.45, 7) is 9.17. The van der Waals surface area contributed by atoms with Crippen molar-refractivity contribution in [1.82, 2.24) is 20.7 Å². The van der Waals surface area contributed by atoms with Gasteiger partial charge in [0.25, 0.3) is 5.91 Å². The molecule has 5 nitrogen and oxygen atoms in total. The van der Waals surface area contributed by atoms with Gasteiger partial charge in [0.1, 0.15) is 0 Å². The lowest BCUT2D eigenvalue weighted by Crippen LogP contribution is -2.37. The molecule has 1 aromatic heterocycles. The normalized spacial score (nSPS) is 11.8. The Hall–Kier alpha value is -1.39. The lowest BCUT2D eigenvalue weighted by molar-refractivity contribution is 0.0919. The van der Waals surface area contributed by atoms with E-state index in [1.807, 2.05) is 0 Å². The maximum Gasteiger partial charge on any atom is 0.273 e. The molecule has 0 radical (unpaired) electrons. The van der Waals surface area contributed by atoms with Crippen LogP contribution in [0.25, 0.3) is 0 Å². The third-order valence-electron chi connectivity index (χ3n) is 2.92. The van der Waals surface area contributed by atoms with Crippen LogP contribution in [0.2, 0.25) is 0 Å². The number of nitrogens with one attached hydrogen (secondary N) is 2. The van der Waals surface area contributed by atoms with Gasteiger partial charge in [0.15, 0.2) is 5.69 Å². The van der Waals surface area contributed by atoms with E-state index in [-0.39, 0.29) is 11.3 Å². The Labute approximate surface area is 89.6 Å². The molecule has 1 rings (SSSR count). The van der Waals surface area contributed by atoms with Crippen LogP contribution in [0.3, 0.4) is 0 Å². The second kappa shape index (κ2) is 4.42. The highest BCUT2D eigenvalue weighted by atomic mass is 16.1. The average molecular weight is 210 g/mol. The highest BCUT2D eigenvalue weighted by Crippen LogP contribution is 2.24. The van der Waals surface area contributed by atoms with Gasteiger partial charge in [-0.05, 0) is 11.3 Å². The number of aromatic amines is 1. The Morgan fingerprint density at radius 2 is 2.27 bits per heavy atom. The first kappa shape index (κ1) is 11.7. The molecule has 0 saturated carbocycles. The molecular weight excluding hydrogens is 192 g/mol. The molecule has 1 heterocycles. The Morgan fingerprint density at radius 3 is 2.73 bits per heavy atom. The van der Waals surface area contributed by atoms with Gasteiger partial charge < -0.3 is 5.32 Å². The van der Waals surface area contributed by atoms with E-state index in [9.17, 15) is 4.79 Å². The van der Waals surface area contributed by atoms with E-state index in [1.165, 1.54) is 6.20 Å². The molecule has 0 aromatic carbocycles. The molecule has 0 atom stereocenters. The average Bonchev–Trinajstić information content (AvgIpc) is 2.66. The van der Waals surface area contributed by atoms with Gasteiger partial charge in [-0.25, -0.2) is 0 Å². The van der Waals surface area contributed by atoms with Gasteiger partial charge in [-0.2, -0.15) is 15.4 Å². The number of carbonyl (C=O) groups is 1. The van der Waals surface area contributed by atoms with Crippen molar-refractivity contribution in [2.45, 2.75) is 27.7 Å². The summed E-state index contributed by atoms with van der Waals surface area (Å²) < 4.78 is 0. The topological polar surface area (TPSA) is 70.7 Å². The molecular formula is C10H18N4O. The van der Waals surface area contributed by atoms with Gasteiger partial charge in [0, 0.05) is 6.54 Å². The standard InChI is InChI=1S/C10H18N4O/c1-7(2)10(3,4)6-11-9(15)8-5-12-14-13-8/h5,7H,6H2,1-4H3,(H,11,15)(H,12,13,14). The van der Waals surface area contributed by atoms with Crippen LogP contribution in [0, 0.1) is 11.3 Å². The largest absolute Gasteiger partial charge is 0.350 e. The Balaban J connectivity index is 2.48. The smallest absolute Gasteiger partial charge is 0.273 e. The van der Waals surface area contributed by atoms with E-state index in [2.05, 4.69) is 48.4 Å². The maximum atomic E-state index is 11.5. The van der Waals surface area contributed by atoms with E-state index in [0.717, 1.165) is 0 Å². The predicted octanol–water partition coefficient (Wildman–Crippen LogP) is 1.22. The maximum absolute atomic E-state index is 11.5. The predicted molar refractivity (Wildman–Crippen MR) is 57.3 cm³/mol. The first-order valence-electron chi connectivity index (χ1n) is 5.07. The Bertz CT molecular complexity index is 316.